The number of nitrogens with one attached hydrogen (secondary N) is 2. The van der Waals surface area contributed by atoms with Crippen LogP contribution in [0, 0.1) is 0 Å². The SMILES string of the molecule is CCN(CCNC(=NC)NCc1cc(OC)ccc1OC(F)F)C1CC1. The molecule has 0 bridgehead atoms. The molecule has 8 heteroatoms. The van der Waals surface area contributed by atoms with Gasteiger partial charge in [0.15, 0.2) is 5.96 Å². The summed E-state index contributed by atoms with van der Waals surface area (Å²) in [5.74, 6) is 1.31. The van der Waals surface area contributed by atoms with Crippen LogP contribution < -0.4 is 20.1 Å². The highest BCUT2D eigenvalue weighted by molar-refractivity contribution is 5.79. The molecule has 6 nitrogen and oxygen atoms in total. The molecule has 0 saturated heterocycles. The summed E-state index contributed by atoms with van der Waals surface area (Å²) in [7, 11) is 3.20. The Hall–Kier alpha value is -2.09. The van der Waals surface area contributed by atoms with Crippen LogP contribution in [0.4, 0.5) is 8.78 Å². The molecular weight excluding hydrogens is 342 g/mol. The van der Waals surface area contributed by atoms with E-state index in [0.717, 1.165) is 25.7 Å². The van der Waals surface area contributed by atoms with E-state index in [9.17, 15) is 8.78 Å². The number of hydrogen-bond acceptors (Lipinski definition) is 4. The van der Waals surface area contributed by atoms with E-state index >= 15 is 0 Å². The van der Waals surface area contributed by atoms with E-state index in [0.29, 0.717) is 23.8 Å². The van der Waals surface area contributed by atoms with Crippen LogP contribution >= 0.6 is 0 Å². The summed E-state index contributed by atoms with van der Waals surface area (Å²) >= 11 is 0. The third kappa shape index (κ3) is 6.33. The predicted molar refractivity (Wildman–Crippen MR) is 98.1 cm³/mol. The van der Waals surface area contributed by atoms with Gasteiger partial charge in [0.05, 0.1) is 7.11 Å². The van der Waals surface area contributed by atoms with Gasteiger partial charge in [0.1, 0.15) is 11.5 Å². The Labute approximate surface area is 153 Å². The molecule has 1 aromatic carbocycles. The van der Waals surface area contributed by atoms with Crippen LogP contribution in [0.15, 0.2) is 23.2 Å². The van der Waals surface area contributed by atoms with Gasteiger partial charge in [-0.1, -0.05) is 6.92 Å². The molecule has 0 aliphatic heterocycles. The molecule has 0 radical (unpaired) electrons. The van der Waals surface area contributed by atoms with Crippen molar-refractivity contribution in [1.29, 1.82) is 0 Å². The lowest BCUT2D eigenvalue weighted by Crippen LogP contribution is -2.41. The topological polar surface area (TPSA) is 58.1 Å². The molecule has 0 spiro atoms. The van der Waals surface area contributed by atoms with Gasteiger partial charge in [-0.15, -0.1) is 0 Å². The number of likely N-dealkylation sites (N-methyl/N-ethyl adjacent to an activating group) is 1. The first-order valence-corrected chi connectivity index (χ1v) is 8.87. The molecule has 0 atom stereocenters. The zero-order valence-corrected chi connectivity index (χ0v) is 15.6. The number of ether oxygens (including phenoxy) is 2. The molecule has 26 heavy (non-hydrogen) atoms. The molecule has 0 aromatic heterocycles. The molecule has 1 saturated carbocycles. The number of guanidine groups is 1. The fourth-order valence-electron chi connectivity index (χ4n) is 2.79. The minimum atomic E-state index is -2.87. The van der Waals surface area contributed by atoms with Crippen molar-refractivity contribution in [3.8, 4) is 11.5 Å². The van der Waals surface area contributed by atoms with Crippen molar-refractivity contribution in [3.05, 3.63) is 23.8 Å². The van der Waals surface area contributed by atoms with Crippen LogP contribution in [0.25, 0.3) is 0 Å². The van der Waals surface area contributed by atoms with E-state index in [1.54, 1.807) is 19.2 Å². The third-order valence-electron chi connectivity index (χ3n) is 4.31. The number of nitrogens with zero attached hydrogens (tertiary/aromatic N) is 2. The summed E-state index contributed by atoms with van der Waals surface area (Å²) in [6, 6.07) is 5.46. The van der Waals surface area contributed by atoms with Gasteiger partial charge in [-0.3, -0.25) is 9.89 Å². The smallest absolute Gasteiger partial charge is 0.387 e. The first-order valence-electron chi connectivity index (χ1n) is 8.87. The summed E-state index contributed by atoms with van der Waals surface area (Å²) in [6.07, 6.45) is 2.56. The number of hydrogen-bond donors (Lipinski definition) is 2. The minimum absolute atomic E-state index is 0.120. The molecule has 2 rings (SSSR count). The lowest BCUT2D eigenvalue weighted by molar-refractivity contribution is -0.0504. The van der Waals surface area contributed by atoms with Crippen LogP contribution in [0.1, 0.15) is 25.3 Å². The quantitative estimate of drug-likeness (QED) is 0.489. The first-order chi connectivity index (χ1) is 12.6. The maximum Gasteiger partial charge on any atom is 0.387 e. The van der Waals surface area contributed by atoms with Gasteiger partial charge in [0, 0.05) is 38.3 Å². The van der Waals surface area contributed by atoms with Crippen molar-refractivity contribution >= 4 is 5.96 Å². The lowest BCUT2D eigenvalue weighted by atomic mass is 10.2. The van der Waals surface area contributed by atoms with E-state index in [2.05, 4.69) is 32.2 Å². The molecule has 1 fully saturated rings. The van der Waals surface area contributed by atoms with Crippen LogP contribution in [-0.4, -0.2) is 57.3 Å². The van der Waals surface area contributed by atoms with E-state index in [-0.39, 0.29) is 5.75 Å². The van der Waals surface area contributed by atoms with Crippen molar-refractivity contribution in [2.24, 2.45) is 4.99 Å². The number of alkyl halides is 2. The van der Waals surface area contributed by atoms with Crippen molar-refractivity contribution in [2.45, 2.75) is 39.0 Å². The Kier molecular flexibility index (Phi) is 7.90. The van der Waals surface area contributed by atoms with Crippen molar-refractivity contribution in [1.82, 2.24) is 15.5 Å². The van der Waals surface area contributed by atoms with Crippen LogP contribution in [0.2, 0.25) is 0 Å². The summed E-state index contributed by atoms with van der Waals surface area (Å²) in [5, 5.41) is 6.38. The zero-order chi connectivity index (χ0) is 18.9. The molecule has 0 heterocycles. The Morgan fingerprint density at radius 3 is 2.69 bits per heavy atom. The van der Waals surface area contributed by atoms with Gasteiger partial charge in [-0.25, -0.2) is 0 Å². The van der Waals surface area contributed by atoms with Crippen molar-refractivity contribution in [3.63, 3.8) is 0 Å². The maximum absolute atomic E-state index is 12.6. The van der Waals surface area contributed by atoms with Crippen molar-refractivity contribution in [2.75, 3.05) is 33.8 Å². The van der Waals surface area contributed by atoms with Crippen molar-refractivity contribution < 1.29 is 18.3 Å². The minimum Gasteiger partial charge on any atom is -0.497 e. The number of rotatable bonds is 10. The molecular formula is C18H28F2N4O2. The molecule has 1 aliphatic rings. The van der Waals surface area contributed by atoms with Gasteiger partial charge < -0.3 is 20.1 Å². The molecule has 1 aromatic rings. The number of benzene rings is 1. The zero-order valence-electron chi connectivity index (χ0n) is 15.6. The van der Waals surface area contributed by atoms with E-state index in [1.807, 2.05) is 0 Å². The second kappa shape index (κ2) is 10.2. The summed E-state index contributed by atoms with van der Waals surface area (Å²) < 4.78 is 34.9. The Balaban J connectivity index is 1.88. The molecule has 1 aliphatic carbocycles. The van der Waals surface area contributed by atoms with Crippen LogP contribution in [-0.2, 0) is 6.54 Å². The van der Waals surface area contributed by atoms with Gasteiger partial charge in [0.2, 0.25) is 0 Å². The highest BCUT2D eigenvalue weighted by Crippen LogP contribution is 2.26. The second-order valence-corrected chi connectivity index (χ2v) is 6.06. The molecule has 146 valence electrons. The van der Waals surface area contributed by atoms with Crippen LogP contribution in [0.5, 0.6) is 11.5 Å². The maximum atomic E-state index is 12.6. The lowest BCUT2D eigenvalue weighted by Gasteiger charge is -2.21. The predicted octanol–water partition coefficient (Wildman–Crippen LogP) is 2.45. The van der Waals surface area contributed by atoms with E-state index < -0.39 is 6.61 Å². The molecule has 2 N–H and O–H groups in total. The normalized spacial score (nSPS) is 14.7. The molecule has 0 amide bonds. The fraction of sp³-hybridized carbons (Fsp3) is 0.611. The largest absolute Gasteiger partial charge is 0.497 e. The average molecular weight is 370 g/mol. The number of halogens is 2. The first kappa shape index (κ1) is 20.2. The highest BCUT2D eigenvalue weighted by atomic mass is 19.3. The standard InChI is InChI=1S/C18H28F2N4O2/c1-4-24(14-5-6-14)10-9-22-18(21-2)23-12-13-11-15(25-3)7-8-16(13)26-17(19)20/h7-8,11,14,17H,4-6,9-10,12H2,1-3H3,(H2,21,22,23). The number of methoxy groups -OCH3 is 1. The number of aliphatic imine (C=N–C) groups is 1. The average Bonchev–Trinajstić information content (AvgIpc) is 3.47. The fourth-order valence-corrected chi connectivity index (χ4v) is 2.79. The summed E-state index contributed by atoms with van der Waals surface area (Å²) in [6.45, 7) is 2.33. The molecule has 0 unspecified atom stereocenters. The Morgan fingerprint density at radius 1 is 1.35 bits per heavy atom. The van der Waals surface area contributed by atoms with Gasteiger partial charge >= 0.3 is 6.61 Å². The third-order valence-corrected chi connectivity index (χ3v) is 4.31. The van der Waals surface area contributed by atoms with E-state index in [4.69, 9.17) is 4.74 Å². The van der Waals surface area contributed by atoms with Gasteiger partial charge in [-0.05, 0) is 37.6 Å². The monoisotopic (exact) mass is 370 g/mol. The summed E-state index contributed by atoms with van der Waals surface area (Å²) in [4.78, 5) is 6.62. The Morgan fingerprint density at radius 2 is 2.12 bits per heavy atom. The Bertz CT molecular complexity index is 595. The van der Waals surface area contributed by atoms with Gasteiger partial charge in [-0.2, -0.15) is 8.78 Å². The highest BCUT2D eigenvalue weighted by Gasteiger charge is 2.27. The van der Waals surface area contributed by atoms with E-state index in [1.165, 1.54) is 26.0 Å². The summed E-state index contributed by atoms with van der Waals surface area (Å²) in [5.41, 5.74) is 0.570. The second-order valence-electron chi connectivity index (χ2n) is 6.06. The van der Waals surface area contributed by atoms with Crippen LogP contribution in [0.3, 0.4) is 0 Å². The van der Waals surface area contributed by atoms with Gasteiger partial charge in [0.25, 0.3) is 0 Å².